The van der Waals surface area contributed by atoms with E-state index in [-0.39, 0.29) is 11.8 Å². The van der Waals surface area contributed by atoms with Gasteiger partial charge in [-0.2, -0.15) is 0 Å². The molecule has 1 rings (SSSR count). The number of aromatic hydroxyl groups is 1. The molecule has 0 aliphatic heterocycles. The van der Waals surface area contributed by atoms with Crippen LogP contribution in [0.5, 0.6) is 5.75 Å². The molecule has 0 saturated carbocycles. The molecule has 0 radical (unpaired) electrons. The van der Waals surface area contributed by atoms with Crippen LogP contribution >= 0.6 is 0 Å². The molecule has 0 amide bonds. The highest BCUT2D eigenvalue weighted by Gasteiger charge is 2.10. The van der Waals surface area contributed by atoms with Crippen LogP contribution < -0.4 is 10.6 Å². The highest BCUT2D eigenvalue weighted by atomic mass is 16.5. The lowest BCUT2D eigenvalue weighted by molar-refractivity contribution is 0.206. The van der Waals surface area contributed by atoms with Gasteiger partial charge in [0.25, 0.3) is 0 Å². The fourth-order valence-electron chi connectivity index (χ4n) is 1.80. The molecule has 4 nitrogen and oxygen atoms in total. The summed E-state index contributed by atoms with van der Waals surface area (Å²) in [6.45, 7) is 7.67. The van der Waals surface area contributed by atoms with Gasteiger partial charge in [-0.05, 0) is 13.0 Å². The molecule has 0 bridgehead atoms. The Morgan fingerprint density at radius 2 is 2.28 bits per heavy atom. The van der Waals surface area contributed by atoms with Gasteiger partial charge < -0.3 is 20.5 Å². The minimum Gasteiger partial charge on any atom is -0.508 e. The molecular weight excluding hydrogens is 228 g/mol. The van der Waals surface area contributed by atoms with E-state index in [0.29, 0.717) is 13.2 Å². The minimum atomic E-state index is -0.175. The smallest absolute Gasteiger partial charge is 0.122 e. The molecule has 1 aromatic carbocycles. The lowest BCUT2D eigenvalue weighted by Crippen LogP contribution is -2.27. The number of ether oxygens (including phenoxy) is 1. The van der Waals surface area contributed by atoms with E-state index in [1.165, 1.54) is 0 Å². The average molecular weight is 250 g/mol. The second-order valence-corrected chi connectivity index (χ2v) is 4.26. The zero-order valence-corrected chi connectivity index (χ0v) is 11.1. The van der Waals surface area contributed by atoms with Crippen molar-refractivity contribution in [1.82, 2.24) is 0 Å². The zero-order valence-electron chi connectivity index (χ0n) is 11.1. The van der Waals surface area contributed by atoms with Crippen LogP contribution in [0.15, 0.2) is 30.9 Å². The molecule has 0 saturated heterocycles. The number of methoxy groups -OCH3 is 1. The number of hydrogen-bond donors (Lipinski definition) is 2. The van der Waals surface area contributed by atoms with Crippen LogP contribution in [0.3, 0.4) is 0 Å². The summed E-state index contributed by atoms with van der Waals surface area (Å²) < 4.78 is 5.07. The van der Waals surface area contributed by atoms with E-state index in [2.05, 4.69) is 11.5 Å². The third kappa shape index (κ3) is 3.75. The van der Waals surface area contributed by atoms with Crippen LogP contribution in [0.25, 0.3) is 0 Å². The Bertz CT molecular complexity index is 391. The monoisotopic (exact) mass is 250 g/mol. The van der Waals surface area contributed by atoms with Crippen molar-refractivity contribution < 1.29 is 9.84 Å². The Kier molecular flexibility index (Phi) is 5.68. The van der Waals surface area contributed by atoms with Crippen molar-refractivity contribution in [2.24, 2.45) is 5.73 Å². The molecule has 100 valence electrons. The third-order valence-electron chi connectivity index (χ3n) is 2.78. The maximum absolute atomic E-state index is 9.94. The van der Waals surface area contributed by atoms with Gasteiger partial charge in [0.05, 0.1) is 6.61 Å². The number of anilines is 1. The Labute approximate surface area is 109 Å². The molecule has 0 aromatic heterocycles. The van der Waals surface area contributed by atoms with Crippen molar-refractivity contribution in [2.45, 2.75) is 13.0 Å². The van der Waals surface area contributed by atoms with Crippen LogP contribution in [0.2, 0.25) is 0 Å². The molecule has 0 fully saturated rings. The number of phenolic OH excluding ortho intramolecular Hbond substituents is 1. The van der Waals surface area contributed by atoms with Gasteiger partial charge >= 0.3 is 0 Å². The Hall–Kier alpha value is -1.52. The Morgan fingerprint density at radius 3 is 2.78 bits per heavy atom. The Morgan fingerprint density at radius 1 is 1.56 bits per heavy atom. The number of hydrogen-bond acceptors (Lipinski definition) is 4. The summed E-state index contributed by atoms with van der Waals surface area (Å²) in [6, 6.07) is 5.37. The highest BCUT2D eigenvalue weighted by molar-refractivity contribution is 5.54. The number of nitrogens with two attached hydrogens (primary N) is 1. The first kappa shape index (κ1) is 14.5. The fourth-order valence-corrected chi connectivity index (χ4v) is 1.80. The van der Waals surface area contributed by atoms with Crippen LogP contribution in [0, 0.1) is 0 Å². The second kappa shape index (κ2) is 7.03. The van der Waals surface area contributed by atoms with Crippen LogP contribution in [0.1, 0.15) is 18.5 Å². The molecule has 0 heterocycles. The first-order chi connectivity index (χ1) is 8.60. The van der Waals surface area contributed by atoms with Crippen LogP contribution in [0.4, 0.5) is 5.69 Å². The van der Waals surface area contributed by atoms with E-state index in [9.17, 15) is 5.11 Å². The zero-order chi connectivity index (χ0) is 13.5. The van der Waals surface area contributed by atoms with Gasteiger partial charge in [-0.15, -0.1) is 6.58 Å². The van der Waals surface area contributed by atoms with Gasteiger partial charge in [0.2, 0.25) is 0 Å². The molecule has 1 aromatic rings. The highest BCUT2D eigenvalue weighted by Crippen LogP contribution is 2.28. The maximum atomic E-state index is 9.94. The normalized spacial score (nSPS) is 12.2. The van der Waals surface area contributed by atoms with Crippen molar-refractivity contribution in [3.8, 4) is 5.75 Å². The number of benzene rings is 1. The molecule has 1 unspecified atom stereocenters. The quantitative estimate of drug-likeness (QED) is 0.727. The predicted molar refractivity (Wildman–Crippen MR) is 75.0 cm³/mol. The summed E-state index contributed by atoms with van der Waals surface area (Å²) in [7, 11) is 1.67. The van der Waals surface area contributed by atoms with Gasteiger partial charge in [0, 0.05) is 43.6 Å². The number of nitrogens with zero attached hydrogens (tertiary/aromatic N) is 1. The van der Waals surface area contributed by atoms with E-state index < -0.39 is 0 Å². The van der Waals surface area contributed by atoms with E-state index >= 15 is 0 Å². The Balaban J connectivity index is 2.91. The van der Waals surface area contributed by atoms with Crippen LogP contribution in [-0.2, 0) is 4.74 Å². The molecule has 0 spiro atoms. The van der Waals surface area contributed by atoms with Crippen molar-refractivity contribution in [1.29, 1.82) is 0 Å². The second-order valence-electron chi connectivity index (χ2n) is 4.26. The van der Waals surface area contributed by atoms with E-state index in [1.807, 2.05) is 25.1 Å². The minimum absolute atomic E-state index is 0.175. The standard InChI is InChI=1S/C14H22N2O2/c1-4-7-16(8-9-18-3)12-5-6-13(11(2)15)14(17)10-12/h4-6,10-11,17H,1,7-9,15H2,2-3H3. The largest absolute Gasteiger partial charge is 0.508 e. The number of phenols is 1. The first-order valence-corrected chi connectivity index (χ1v) is 6.03. The number of rotatable bonds is 7. The molecule has 0 aliphatic carbocycles. The van der Waals surface area contributed by atoms with Gasteiger partial charge in [-0.3, -0.25) is 0 Å². The van der Waals surface area contributed by atoms with Gasteiger partial charge in [-0.25, -0.2) is 0 Å². The maximum Gasteiger partial charge on any atom is 0.122 e. The molecule has 3 N–H and O–H groups in total. The fraction of sp³-hybridized carbons (Fsp3) is 0.429. The summed E-state index contributed by atoms with van der Waals surface area (Å²) >= 11 is 0. The summed E-state index contributed by atoms with van der Waals surface area (Å²) in [6.07, 6.45) is 1.83. The van der Waals surface area contributed by atoms with Crippen molar-refractivity contribution in [2.75, 3.05) is 31.7 Å². The predicted octanol–water partition coefficient (Wildman–Crippen LogP) is 2.05. The topological polar surface area (TPSA) is 58.7 Å². The lowest BCUT2D eigenvalue weighted by atomic mass is 10.1. The average Bonchev–Trinajstić information content (AvgIpc) is 2.33. The van der Waals surface area contributed by atoms with Crippen molar-refractivity contribution >= 4 is 5.69 Å². The van der Waals surface area contributed by atoms with Crippen LogP contribution in [-0.4, -0.2) is 31.9 Å². The summed E-state index contributed by atoms with van der Waals surface area (Å²) in [4.78, 5) is 2.08. The lowest BCUT2D eigenvalue weighted by Gasteiger charge is -2.24. The molecule has 18 heavy (non-hydrogen) atoms. The summed E-state index contributed by atoms with van der Waals surface area (Å²) in [5.41, 5.74) is 7.46. The van der Waals surface area contributed by atoms with E-state index in [1.54, 1.807) is 13.2 Å². The summed E-state index contributed by atoms with van der Waals surface area (Å²) in [5.74, 6) is 0.231. The van der Waals surface area contributed by atoms with E-state index in [0.717, 1.165) is 17.8 Å². The van der Waals surface area contributed by atoms with Crippen molar-refractivity contribution in [3.05, 3.63) is 36.4 Å². The molecule has 0 aliphatic rings. The van der Waals surface area contributed by atoms with Gasteiger partial charge in [0.15, 0.2) is 0 Å². The van der Waals surface area contributed by atoms with Gasteiger partial charge in [0.1, 0.15) is 5.75 Å². The molecule has 1 atom stereocenters. The van der Waals surface area contributed by atoms with Gasteiger partial charge in [-0.1, -0.05) is 12.1 Å². The third-order valence-corrected chi connectivity index (χ3v) is 2.78. The SMILES string of the molecule is C=CCN(CCOC)c1ccc(C(C)N)c(O)c1. The molecule has 4 heteroatoms. The molecular formula is C14H22N2O2. The summed E-state index contributed by atoms with van der Waals surface area (Å²) in [5, 5.41) is 9.94. The van der Waals surface area contributed by atoms with Crippen molar-refractivity contribution in [3.63, 3.8) is 0 Å². The first-order valence-electron chi connectivity index (χ1n) is 6.03. The van der Waals surface area contributed by atoms with E-state index in [4.69, 9.17) is 10.5 Å².